The molecule has 0 amide bonds. The topological polar surface area (TPSA) is 47.3 Å². The highest BCUT2D eigenvalue weighted by atomic mass is 35.5. The molecule has 1 aromatic rings. The van der Waals surface area contributed by atoms with Gasteiger partial charge in [-0.05, 0) is 31.3 Å². The van der Waals surface area contributed by atoms with E-state index in [4.69, 9.17) is 10.5 Å². The molecule has 2 aliphatic rings. The lowest BCUT2D eigenvalue weighted by molar-refractivity contribution is 0.0369. The van der Waals surface area contributed by atoms with Gasteiger partial charge in [0.1, 0.15) is 17.2 Å². The molecule has 1 fully saturated rings. The third kappa shape index (κ3) is 2.30. The fourth-order valence-corrected chi connectivity index (χ4v) is 2.68. The number of ether oxygens (including phenoxy) is 1. The van der Waals surface area contributed by atoms with Crippen LogP contribution in [-0.4, -0.2) is 18.7 Å². The summed E-state index contributed by atoms with van der Waals surface area (Å²) in [5.74, 6) is 0.500. The van der Waals surface area contributed by atoms with Gasteiger partial charge in [-0.1, -0.05) is 0 Å². The van der Waals surface area contributed by atoms with Crippen LogP contribution in [0.3, 0.4) is 0 Å². The first-order valence-corrected chi connectivity index (χ1v) is 5.66. The van der Waals surface area contributed by atoms with E-state index >= 15 is 0 Å². The molecule has 3 N–H and O–H groups in total. The van der Waals surface area contributed by atoms with Crippen molar-refractivity contribution in [3.8, 4) is 5.75 Å². The van der Waals surface area contributed by atoms with Gasteiger partial charge in [-0.3, -0.25) is 0 Å². The second kappa shape index (κ2) is 5.61. The molecule has 102 valence electrons. The number of nitrogens with two attached hydrogens (primary N) is 1. The summed E-state index contributed by atoms with van der Waals surface area (Å²) in [4.78, 5) is 0. The number of hydrogen-bond donors (Lipinski definition) is 2. The number of piperidine rings is 1. The van der Waals surface area contributed by atoms with Crippen molar-refractivity contribution in [2.75, 3.05) is 13.1 Å². The lowest BCUT2D eigenvalue weighted by atomic mass is 9.84. The number of halogens is 3. The molecule has 1 aromatic carbocycles. The van der Waals surface area contributed by atoms with Crippen molar-refractivity contribution in [2.24, 2.45) is 5.73 Å². The predicted molar refractivity (Wildman–Crippen MR) is 73.3 cm³/mol. The highest BCUT2D eigenvalue weighted by Gasteiger charge is 2.47. The molecule has 0 aliphatic carbocycles. The SMILES string of the molecule is Cl.Cl.N[C@@H]1c2cc(F)ccc2OC12CCNCC2. The van der Waals surface area contributed by atoms with Gasteiger partial charge in [-0.15, -0.1) is 24.8 Å². The van der Waals surface area contributed by atoms with E-state index in [0.717, 1.165) is 37.2 Å². The lowest BCUT2D eigenvalue weighted by Gasteiger charge is -2.36. The van der Waals surface area contributed by atoms with Gasteiger partial charge in [0.2, 0.25) is 0 Å². The van der Waals surface area contributed by atoms with Crippen LogP contribution >= 0.6 is 24.8 Å². The van der Waals surface area contributed by atoms with Crippen LogP contribution in [0.4, 0.5) is 4.39 Å². The van der Waals surface area contributed by atoms with Crippen LogP contribution in [-0.2, 0) is 0 Å². The molecule has 3 nitrogen and oxygen atoms in total. The molecule has 0 aromatic heterocycles. The van der Waals surface area contributed by atoms with Crippen LogP contribution in [0.5, 0.6) is 5.75 Å². The van der Waals surface area contributed by atoms with Crippen molar-refractivity contribution >= 4 is 24.8 Å². The fraction of sp³-hybridized carbons (Fsp3) is 0.500. The van der Waals surface area contributed by atoms with Crippen molar-refractivity contribution in [2.45, 2.75) is 24.5 Å². The van der Waals surface area contributed by atoms with E-state index in [1.54, 1.807) is 6.07 Å². The smallest absolute Gasteiger partial charge is 0.131 e. The van der Waals surface area contributed by atoms with Gasteiger partial charge in [0.15, 0.2) is 0 Å². The van der Waals surface area contributed by atoms with Crippen LogP contribution in [0.25, 0.3) is 0 Å². The summed E-state index contributed by atoms with van der Waals surface area (Å²) in [6.07, 6.45) is 1.76. The van der Waals surface area contributed by atoms with E-state index in [9.17, 15) is 4.39 Å². The van der Waals surface area contributed by atoms with Gasteiger partial charge in [0.25, 0.3) is 0 Å². The zero-order chi connectivity index (χ0) is 11.2. The molecule has 3 rings (SSSR count). The van der Waals surface area contributed by atoms with Crippen LogP contribution in [0.1, 0.15) is 24.4 Å². The zero-order valence-corrected chi connectivity index (χ0v) is 11.5. The third-order valence-corrected chi connectivity index (χ3v) is 3.64. The van der Waals surface area contributed by atoms with Crippen LogP contribution in [0.2, 0.25) is 0 Å². The van der Waals surface area contributed by atoms with Crippen molar-refractivity contribution in [1.29, 1.82) is 0 Å². The molecular formula is C12H17Cl2FN2O. The Kier molecular flexibility index (Phi) is 4.84. The molecule has 0 bridgehead atoms. The normalized spacial score (nSPS) is 23.6. The van der Waals surface area contributed by atoms with Gasteiger partial charge in [0, 0.05) is 18.4 Å². The first-order valence-electron chi connectivity index (χ1n) is 5.66. The zero-order valence-electron chi connectivity index (χ0n) is 9.82. The molecule has 1 spiro atoms. The number of rotatable bonds is 0. The van der Waals surface area contributed by atoms with Gasteiger partial charge < -0.3 is 15.8 Å². The maximum absolute atomic E-state index is 13.2. The Morgan fingerprint density at radius 2 is 1.94 bits per heavy atom. The molecule has 0 unspecified atom stereocenters. The van der Waals surface area contributed by atoms with E-state index in [2.05, 4.69) is 5.32 Å². The minimum Gasteiger partial charge on any atom is -0.485 e. The monoisotopic (exact) mass is 294 g/mol. The van der Waals surface area contributed by atoms with E-state index in [-0.39, 0.29) is 42.3 Å². The summed E-state index contributed by atoms with van der Waals surface area (Å²) < 4.78 is 19.1. The highest BCUT2D eigenvalue weighted by Crippen LogP contribution is 2.46. The van der Waals surface area contributed by atoms with E-state index in [1.807, 2.05) is 0 Å². The highest BCUT2D eigenvalue weighted by molar-refractivity contribution is 5.85. The Morgan fingerprint density at radius 3 is 2.61 bits per heavy atom. The Bertz CT molecular complexity index is 425. The third-order valence-electron chi connectivity index (χ3n) is 3.64. The van der Waals surface area contributed by atoms with Crippen molar-refractivity contribution in [1.82, 2.24) is 5.32 Å². The average molecular weight is 295 g/mol. The summed E-state index contributed by atoms with van der Waals surface area (Å²) in [6.45, 7) is 1.81. The average Bonchev–Trinajstić information content (AvgIpc) is 2.55. The molecule has 1 saturated heterocycles. The number of fused-ring (bicyclic) bond motifs is 1. The maximum Gasteiger partial charge on any atom is 0.131 e. The molecule has 2 heterocycles. The molecule has 0 radical (unpaired) electrons. The summed E-state index contributed by atoms with van der Waals surface area (Å²) in [5.41, 5.74) is 6.69. The van der Waals surface area contributed by atoms with Gasteiger partial charge in [-0.2, -0.15) is 0 Å². The number of hydrogen-bond acceptors (Lipinski definition) is 3. The first kappa shape index (κ1) is 15.5. The van der Waals surface area contributed by atoms with Gasteiger partial charge in [-0.25, -0.2) is 4.39 Å². The van der Waals surface area contributed by atoms with Crippen LogP contribution < -0.4 is 15.8 Å². The molecule has 18 heavy (non-hydrogen) atoms. The summed E-state index contributed by atoms with van der Waals surface area (Å²) >= 11 is 0. The molecule has 6 heteroatoms. The van der Waals surface area contributed by atoms with Crippen LogP contribution in [0.15, 0.2) is 18.2 Å². The largest absolute Gasteiger partial charge is 0.485 e. The maximum atomic E-state index is 13.2. The predicted octanol–water partition coefficient (Wildman–Crippen LogP) is 2.18. The molecule has 0 saturated carbocycles. The van der Waals surface area contributed by atoms with E-state index < -0.39 is 0 Å². The Morgan fingerprint density at radius 1 is 1.28 bits per heavy atom. The molecular weight excluding hydrogens is 278 g/mol. The first-order chi connectivity index (χ1) is 7.71. The molecule has 2 aliphatic heterocycles. The second-order valence-corrected chi connectivity index (χ2v) is 4.58. The number of nitrogens with one attached hydrogen (secondary N) is 1. The van der Waals surface area contributed by atoms with Gasteiger partial charge >= 0.3 is 0 Å². The quantitative estimate of drug-likeness (QED) is 0.771. The van der Waals surface area contributed by atoms with Crippen molar-refractivity contribution in [3.05, 3.63) is 29.6 Å². The Labute approximate surface area is 118 Å². The Hall–Kier alpha value is -0.550. The lowest BCUT2D eigenvalue weighted by Crippen LogP contribution is -2.50. The van der Waals surface area contributed by atoms with Crippen molar-refractivity contribution in [3.63, 3.8) is 0 Å². The standard InChI is InChI=1S/C12H15FN2O.2ClH/c13-8-1-2-10-9(7-8)11(14)12(16-10)3-5-15-6-4-12;;/h1-2,7,11,15H,3-6,14H2;2*1H/t11-;;/m1../s1. The Balaban J connectivity index is 0.000000810. The summed E-state index contributed by atoms with van der Waals surface area (Å²) in [6, 6.07) is 4.39. The minimum absolute atomic E-state index is 0. The molecule has 1 atom stereocenters. The van der Waals surface area contributed by atoms with Gasteiger partial charge in [0.05, 0.1) is 6.04 Å². The minimum atomic E-state index is -0.318. The van der Waals surface area contributed by atoms with E-state index in [0.29, 0.717) is 0 Å². The fourth-order valence-electron chi connectivity index (χ4n) is 2.68. The second-order valence-electron chi connectivity index (χ2n) is 4.58. The number of benzene rings is 1. The van der Waals surface area contributed by atoms with E-state index in [1.165, 1.54) is 12.1 Å². The summed E-state index contributed by atoms with van der Waals surface area (Å²) in [7, 11) is 0. The summed E-state index contributed by atoms with van der Waals surface area (Å²) in [5, 5.41) is 3.28. The van der Waals surface area contributed by atoms with Crippen molar-refractivity contribution < 1.29 is 9.13 Å². The van der Waals surface area contributed by atoms with Crippen LogP contribution in [0, 0.1) is 5.82 Å².